The first kappa shape index (κ1) is 29.8. The zero-order valence-electron chi connectivity index (χ0n) is 21.5. The number of halogens is 3. The number of aliphatic hydroxyl groups is 1. The van der Waals surface area contributed by atoms with Gasteiger partial charge in [0.25, 0.3) is 17.7 Å². The Hall–Kier alpha value is -3.14. The molecular weight excluding hydrogens is 641 g/mol. The van der Waals surface area contributed by atoms with Crippen LogP contribution >= 0.6 is 22.6 Å². The van der Waals surface area contributed by atoms with E-state index >= 15 is 0 Å². The molecule has 4 rings (SSSR count). The number of carbonyl (C=O) groups is 3. The van der Waals surface area contributed by atoms with Gasteiger partial charge in [-0.2, -0.15) is 0 Å². The molecule has 2 heterocycles. The lowest BCUT2D eigenvalue weighted by atomic mass is 10.0. The predicted octanol–water partition coefficient (Wildman–Crippen LogP) is 2.43. The summed E-state index contributed by atoms with van der Waals surface area (Å²) in [6.07, 6.45) is -0.166. The molecule has 3 amide bonds. The fraction of sp³-hybridized carbons (Fsp3) is 0.370. The second-order valence-electron chi connectivity index (χ2n) is 9.15. The number of aromatic nitrogens is 1. The van der Waals surface area contributed by atoms with E-state index in [1.807, 2.05) is 0 Å². The Balaban J connectivity index is 1.33. The number of ether oxygens (including phenoxy) is 2. The summed E-state index contributed by atoms with van der Waals surface area (Å²) in [6.45, 7) is 2.09. The number of amides is 3. The van der Waals surface area contributed by atoms with Gasteiger partial charge in [-0.3, -0.25) is 14.4 Å². The second kappa shape index (κ2) is 13.5. The van der Waals surface area contributed by atoms with E-state index in [1.165, 1.54) is 4.90 Å². The van der Waals surface area contributed by atoms with E-state index in [2.05, 4.69) is 38.2 Å². The van der Waals surface area contributed by atoms with Crippen LogP contribution in [0.4, 0.5) is 14.5 Å². The Morgan fingerprint density at radius 1 is 1.02 bits per heavy atom. The first-order valence-electron chi connectivity index (χ1n) is 12.6. The maximum atomic E-state index is 13.4. The molecule has 40 heavy (non-hydrogen) atoms. The Morgan fingerprint density at radius 3 is 2.48 bits per heavy atom. The summed E-state index contributed by atoms with van der Waals surface area (Å²) in [7, 11) is 0. The lowest BCUT2D eigenvalue weighted by Gasteiger charge is -2.22. The fourth-order valence-electron chi connectivity index (χ4n) is 4.32. The van der Waals surface area contributed by atoms with Crippen molar-refractivity contribution in [3.63, 3.8) is 0 Å². The van der Waals surface area contributed by atoms with Gasteiger partial charge in [0, 0.05) is 53.1 Å². The molecule has 0 radical (unpaired) electrons. The van der Waals surface area contributed by atoms with Crippen LogP contribution in [0.3, 0.4) is 0 Å². The molecule has 0 bridgehead atoms. The maximum absolute atomic E-state index is 13.4. The van der Waals surface area contributed by atoms with E-state index in [0.29, 0.717) is 61.3 Å². The largest absolute Gasteiger partial charge is 0.378 e. The average Bonchev–Trinajstić information content (AvgIpc) is 3.49. The molecule has 13 heteroatoms. The predicted molar refractivity (Wildman–Crippen MR) is 151 cm³/mol. The highest BCUT2D eigenvalue weighted by Crippen LogP contribution is 2.31. The summed E-state index contributed by atoms with van der Waals surface area (Å²) in [6, 6.07) is 9.47. The number of rotatable bonds is 13. The van der Waals surface area contributed by atoms with Gasteiger partial charge in [0.15, 0.2) is 0 Å². The number of hydrogen-bond donors (Lipinski definition) is 4. The van der Waals surface area contributed by atoms with Crippen LogP contribution in [0.15, 0.2) is 42.5 Å². The summed E-state index contributed by atoms with van der Waals surface area (Å²) < 4.78 is 38.5. The van der Waals surface area contributed by atoms with Crippen molar-refractivity contribution >= 4 is 56.9 Å². The highest BCUT2D eigenvalue weighted by atomic mass is 127. The van der Waals surface area contributed by atoms with Gasteiger partial charge in [-0.05, 0) is 42.0 Å². The van der Waals surface area contributed by atoms with Crippen LogP contribution in [0.25, 0.3) is 10.9 Å². The molecule has 0 saturated carbocycles. The standard InChI is InChI=1S/C27H29F2IN4O6/c28-19-11-17(12-20(29)15-19)16-32-25(36)27(38)3-6-34(26(27)37)21-1-2-22-18(13-21)14-23(33-22)24(35)31-5-8-40-10-9-39-7-4-30/h1-2,11-15,33,38H,3-10,16H2,(H,31,35)(H,32,36). The minimum atomic E-state index is -2.33. The highest BCUT2D eigenvalue weighted by molar-refractivity contribution is 14.1. The molecule has 0 spiro atoms. The minimum absolute atomic E-state index is 0.0731. The van der Waals surface area contributed by atoms with E-state index in [1.54, 1.807) is 24.3 Å². The number of alkyl halides is 1. The zero-order chi connectivity index (χ0) is 28.7. The maximum Gasteiger partial charge on any atom is 0.268 e. The van der Waals surface area contributed by atoms with Gasteiger partial charge in [-0.25, -0.2) is 8.78 Å². The van der Waals surface area contributed by atoms with Gasteiger partial charge in [-0.15, -0.1) is 0 Å². The summed E-state index contributed by atoms with van der Waals surface area (Å²) in [5.41, 5.74) is -0.737. The van der Waals surface area contributed by atoms with E-state index in [4.69, 9.17) is 9.47 Å². The molecule has 10 nitrogen and oxygen atoms in total. The Kier molecular flexibility index (Phi) is 10.1. The van der Waals surface area contributed by atoms with Gasteiger partial charge < -0.3 is 35.1 Å². The number of aromatic amines is 1. The summed E-state index contributed by atoms with van der Waals surface area (Å²) >= 11 is 2.23. The molecule has 1 atom stereocenters. The molecule has 3 aromatic rings. The van der Waals surface area contributed by atoms with E-state index in [9.17, 15) is 28.3 Å². The van der Waals surface area contributed by atoms with Crippen molar-refractivity contribution in [1.82, 2.24) is 15.6 Å². The molecule has 214 valence electrons. The number of anilines is 1. The van der Waals surface area contributed by atoms with Crippen molar-refractivity contribution in [2.45, 2.75) is 18.6 Å². The van der Waals surface area contributed by atoms with Crippen LogP contribution in [0.1, 0.15) is 22.5 Å². The van der Waals surface area contributed by atoms with Crippen LogP contribution in [0.5, 0.6) is 0 Å². The summed E-state index contributed by atoms with van der Waals surface area (Å²) in [5, 5.41) is 16.7. The van der Waals surface area contributed by atoms with E-state index in [-0.39, 0.29) is 31.0 Å². The number of hydrogen-bond acceptors (Lipinski definition) is 6. The molecule has 1 aliphatic rings. The molecule has 1 saturated heterocycles. The number of nitrogens with one attached hydrogen (secondary N) is 3. The van der Waals surface area contributed by atoms with Crippen molar-refractivity contribution in [2.75, 3.05) is 48.8 Å². The molecule has 0 aliphatic carbocycles. The summed E-state index contributed by atoms with van der Waals surface area (Å²) in [5.74, 6) is -3.69. The monoisotopic (exact) mass is 670 g/mol. The van der Waals surface area contributed by atoms with Crippen molar-refractivity contribution in [2.24, 2.45) is 0 Å². The van der Waals surface area contributed by atoms with E-state index < -0.39 is 29.0 Å². The van der Waals surface area contributed by atoms with Crippen LogP contribution in [0.2, 0.25) is 0 Å². The van der Waals surface area contributed by atoms with Crippen molar-refractivity contribution in [1.29, 1.82) is 0 Å². The Morgan fingerprint density at radius 2 is 1.75 bits per heavy atom. The van der Waals surface area contributed by atoms with Gasteiger partial charge >= 0.3 is 0 Å². The first-order chi connectivity index (χ1) is 19.2. The van der Waals surface area contributed by atoms with Crippen molar-refractivity contribution in [3.05, 3.63) is 65.4 Å². The molecule has 1 aromatic heterocycles. The molecule has 2 aromatic carbocycles. The van der Waals surface area contributed by atoms with E-state index in [0.717, 1.165) is 16.6 Å². The van der Waals surface area contributed by atoms with Crippen LogP contribution in [-0.2, 0) is 25.6 Å². The van der Waals surface area contributed by atoms with Crippen LogP contribution in [0, 0.1) is 11.6 Å². The lowest BCUT2D eigenvalue weighted by Crippen LogP contribution is -2.52. The molecule has 1 unspecified atom stereocenters. The number of fused-ring (bicyclic) bond motifs is 1. The third-order valence-electron chi connectivity index (χ3n) is 6.33. The molecule has 1 aliphatic heterocycles. The number of carbonyl (C=O) groups excluding carboxylic acids is 3. The number of H-pyrrole nitrogens is 1. The lowest BCUT2D eigenvalue weighted by molar-refractivity contribution is -0.149. The van der Waals surface area contributed by atoms with Crippen molar-refractivity contribution in [3.8, 4) is 0 Å². The number of nitrogens with zero attached hydrogens (tertiary/aromatic N) is 1. The number of benzene rings is 2. The van der Waals surface area contributed by atoms with Crippen LogP contribution < -0.4 is 15.5 Å². The smallest absolute Gasteiger partial charge is 0.268 e. The van der Waals surface area contributed by atoms with Gasteiger partial charge in [0.1, 0.15) is 17.3 Å². The minimum Gasteiger partial charge on any atom is -0.378 e. The Bertz CT molecular complexity index is 1370. The van der Waals surface area contributed by atoms with Gasteiger partial charge in [-0.1, -0.05) is 22.6 Å². The SMILES string of the molecule is O=C(NCCOCCOCCI)c1cc2cc(N3CCC(O)(C(=O)NCc4cc(F)cc(F)c4)C3=O)ccc2[nH]1. The average molecular weight is 670 g/mol. The zero-order valence-corrected chi connectivity index (χ0v) is 23.6. The normalized spacial score (nSPS) is 17.0. The van der Waals surface area contributed by atoms with Crippen LogP contribution in [-0.4, -0.2) is 77.4 Å². The van der Waals surface area contributed by atoms with Crippen molar-refractivity contribution < 1.29 is 37.7 Å². The second-order valence-corrected chi connectivity index (χ2v) is 10.2. The molecule has 4 N–H and O–H groups in total. The van der Waals surface area contributed by atoms with Gasteiger partial charge in [0.05, 0.1) is 26.4 Å². The third-order valence-corrected chi connectivity index (χ3v) is 6.77. The highest BCUT2D eigenvalue weighted by Gasteiger charge is 2.51. The Labute approximate surface area is 242 Å². The molecular formula is C27H29F2IN4O6. The topological polar surface area (TPSA) is 133 Å². The quantitative estimate of drug-likeness (QED) is 0.0957. The third kappa shape index (κ3) is 7.13. The first-order valence-corrected chi connectivity index (χ1v) is 14.1. The van der Waals surface area contributed by atoms with Gasteiger partial charge in [0.2, 0.25) is 5.60 Å². The summed E-state index contributed by atoms with van der Waals surface area (Å²) in [4.78, 5) is 42.7. The fourth-order valence-corrected chi connectivity index (χ4v) is 4.63. The molecule has 1 fully saturated rings.